The van der Waals surface area contributed by atoms with E-state index in [1.807, 2.05) is 0 Å². The number of carbonyl (C=O) groups excluding carboxylic acids is 7. The summed E-state index contributed by atoms with van der Waals surface area (Å²) in [5, 5.41) is 33.7. The number of nitrogens with one attached hydrogen (secondary N) is 6. The van der Waals surface area contributed by atoms with Gasteiger partial charge in [0.15, 0.2) is 5.96 Å². The molecule has 0 aromatic heterocycles. The summed E-state index contributed by atoms with van der Waals surface area (Å²) >= 11 is 4.24. The van der Waals surface area contributed by atoms with Gasteiger partial charge in [0.2, 0.25) is 41.4 Å². The lowest BCUT2D eigenvalue weighted by Gasteiger charge is -2.28. The number of carboxylic acids is 1. The number of hydrogen-bond acceptors (Lipinski definition) is 16. The predicted octanol–water partition coefficient (Wildman–Crippen LogP) is -3.23. The zero-order valence-electron chi connectivity index (χ0n) is 39.9. The lowest BCUT2D eigenvalue weighted by atomic mass is 10.1. The van der Waals surface area contributed by atoms with E-state index >= 15 is 0 Å². The zero-order valence-corrected chi connectivity index (χ0v) is 40.8. The molecule has 69 heavy (non-hydrogen) atoms. The summed E-state index contributed by atoms with van der Waals surface area (Å²) in [6.07, 6.45) is 11.2. The molecule has 1 aliphatic heterocycles. The van der Waals surface area contributed by atoms with E-state index in [1.54, 1.807) is 0 Å². The van der Waals surface area contributed by atoms with Crippen molar-refractivity contribution in [2.24, 2.45) is 22.2 Å². The molecular weight excluding hydrogens is 927 g/mol. The van der Waals surface area contributed by atoms with Crippen molar-refractivity contribution in [3.63, 3.8) is 0 Å². The van der Waals surface area contributed by atoms with Gasteiger partial charge < -0.3 is 83.2 Å². The highest BCUT2D eigenvalue weighted by Gasteiger charge is 2.38. The minimum absolute atomic E-state index is 0.0620. The van der Waals surface area contributed by atoms with Crippen molar-refractivity contribution in [1.82, 2.24) is 36.8 Å². The van der Waals surface area contributed by atoms with Crippen LogP contribution in [-0.4, -0.2) is 197 Å². The molecule has 0 aliphatic carbocycles. The van der Waals surface area contributed by atoms with Gasteiger partial charge in [0.05, 0.1) is 78.9 Å². The third-order valence-corrected chi connectivity index (χ3v) is 10.7. The molecule has 1 aliphatic rings. The molecule has 1 heterocycles. The molecule has 0 radical (unpaired) electrons. The second-order valence-corrected chi connectivity index (χ2v) is 16.5. The topological polar surface area (TPSA) is 380 Å². The first-order valence-electron chi connectivity index (χ1n) is 23.8. The molecule has 7 amide bonds. The van der Waals surface area contributed by atoms with Crippen LogP contribution in [0.2, 0.25) is 0 Å². The number of nitrogens with two attached hydrogens (primary N) is 3. The standard InChI is InChI=1S/C43H79N11O14S/c44-27-35(56)51-31(12-10-14-48-43(45)46)39(61)49-29-37(58)52-32(26-38(59)60)40(62)53-33(30-55)42(64)54-16-11-13-34(54)41(63)50-28-36(57)47-15-18-66-20-22-68-24-23-67-21-19-65-17-8-6-4-2-1-3-5-7-9-25-69/h31-34,55,69H,1-30,44H2,(H,47,57)(H,49,61)(H,50,63)(H,51,56)(H,52,58)(H,53,62)(H,59,60)(H4,45,46,48)/t31?,32?,33-,34-/m1/s1. The lowest BCUT2D eigenvalue weighted by molar-refractivity contribution is -0.144. The van der Waals surface area contributed by atoms with E-state index in [9.17, 15) is 48.6 Å². The minimum Gasteiger partial charge on any atom is -0.481 e. The third kappa shape index (κ3) is 31.1. The first-order valence-corrected chi connectivity index (χ1v) is 24.4. The number of aliphatic imine (C=N–C) groups is 1. The second-order valence-electron chi connectivity index (χ2n) is 16.1. The lowest BCUT2D eigenvalue weighted by Crippen LogP contribution is -2.58. The van der Waals surface area contributed by atoms with Crippen LogP contribution in [0, 0.1) is 0 Å². The smallest absolute Gasteiger partial charge is 0.305 e. The molecule has 1 saturated heterocycles. The second kappa shape index (κ2) is 39.9. The Kier molecular flexibility index (Phi) is 36.0. The van der Waals surface area contributed by atoms with E-state index in [2.05, 4.69) is 49.5 Å². The highest BCUT2D eigenvalue weighted by molar-refractivity contribution is 7.80. The molecule has 0 aromatic rings. The monoisotopic (exact) mass is 1010 g/mol. The fourth-order valence-corrected chi connectivity index (χ4v) is 7.06. The average molecular weight is 1010 g/mol. The van der Waals surface area contributed by atoms with Gasteiger partial charge in [-0.15, -0.1) is 0 Å². The Morgan fingerprint density at radius 1 is 0.652 bits per heavy atom. The summed E-state index contributed by atoms with van der Waals surface area (Å²) in [6, 6.07) is -5.58. The molecule has 1 rings (SSSR count). The number of aliphatic carboxylic acids is 1. The molecule has 396 valence electrons. The number of aliphatic hydroxyl groups is 1. The van der Waals surface area contributed by atoms with Crippen LogP contribution in [0.5, 0.6) is 0 Å². The largest absolute Gasteiger partial charge is 0.481 e. The molecule has 0 saturated carbocycles. The van der Waals surface area contributed by atoms with E-state index in [4.69, 9.17) is 36.1 Å². The SMILES string of the molecule is NCC(=O)NC(CCCN=C(N)N)C(=O)NCC(=O)NC(CC(=O)O)C(=O)N[C@H](CO)C(=O)N1CCC[C@@H]1C(=O)NCC(=O)NCCOCCOCCOCCOCCCCCCCCCCCS. The van der Waals surface area contributed by atoms with Crippen LogP contribution in [0.25, 0.3) is 0 Å². The Bertz CT molecular complexity index is 1560. The average Bonchev–Trinajstić information content (AvgIpc) is 3.82. The predicted molar refractivity (Wildman–Crippen MR) is 257 cm³/mol. The minimum atomic E-state index is -1.76. The van der Waals surface area contributed by atoms with E-state index in [1.165, 1.54) is 51.4 Å². The van der Waals surface area contributed by atoms with Crippen LogP contribution in [0.15, 0.2) is 4.99 Å². The summed E-state index contributed by atoms with van der Waals surface area (Å²) in [5.41, 5.74) is 15.9. The molecule has 25 nitrogen and oxygen atoms in total. The number of unbranched alkanes of at least 4 members (excludes halogenated alkanes) is 8. The molecule has 0 spiro atoms. The Morgan fingerprint density at radius 2 is 1.22 bits per heavy atom. The quantitative estimate of drug-likeness (QED) is 0.0124. The zero-order chi connectivity index (χ0) is 51.1. The number of ether oxygens (including phenoxy) is 4. The number of carbonyl (C=O) groups is 8. The van der Waals surface area contributed by atoms with Crippen molar-refractivity contribution < 1.29 is 67.5 Å². The number of amides is 7. The van der Waals surface area contributed by atoms with Crippen molar-refractivity contribution in [3.8, 4) is 0 Å². The Balaban J connectivity index is 2.37. The maximum Gasteiger partial charge on any atom is 0.305 e. The summed E-state index contributed by atoms with van der Waals surface area (Å²) in [6.45, 7) is 1.31. The van der Waals surface area contributed by atoms with Crippen LogP contribution in [0.4, 0.5) is 0 Å². The summed E-state index contributed by atoms with van der Waals surface area (Å²) in [4.78, 5) is 106. The van der Waals surface area contributed by atoms with Gasteiger partial charge in [-0.2, -0.15) is 12.6 Å². The molecule has 2 unspecified atom stereocenters. The van der Waals surface area contributed by atoms with E-state index < -0.39 is 104 Å². The molecule has 0 bridgehead atoms. The van der Waals surface area contributed by atoms with Gasteiger partial charge in [-0.05, 0) is 44.3 Å². The van der Waals surface area contributed by atoms with E-state index in [0.29, 0.717) is 46.1 Å². The number of likely N-dealkylation sites (tertiary alicyclic amines) is 1. The third-order valence-electron chi connectivity index (χ3n) is 10.4. The normalized spacial score (nSPS) is 14.5. The van der Waals surface area contributed by atoms with Gasteiger partial charge in [0.1, 0.15) is 24.2 Å². The van der Waals surface area contributed by atoms with Crippen LogP contribution in [-0.2, 0) is 57.3 Å². The number of hydrogen-bond donors (Lipinski definition) is 12. The number of thiol groups is 1. The van der Waals surface area contributed by atoms with Crippen molar-refractivity contribution >= 4 is 65.9 Å². The molecular formula is C43H79N11O14S. The maximum absolute atomic E-state index is 13.5. The highest BCUT2D eigenvalue weighted by Crippen LogP contribution is 2.19. The molecule has 14 N–H and O–H groups in total. The summed E-state index contributed by atoms with van der Waals surface area (Å²) in [7, 11) is 0. The van der Waals surface area contributed by atoms with Crippen LogP contribution >= 0.6 is 12.6 Å². The van der Waals surface area contributed by atoms with Gasteiger partial charge in [-0.3, -0.25) is 43.3 Å². The van der Waals surface area contributed by atoms with E-state index in [0.717, 1.165) is 23.7 Å². The van der Waals surface area contributed by atoms with Gasteiger partial charge in [-0.25, -0.2) is 0 Å². The first-order chi connectivity index (χ1) is 33.2. The maximum atomic E-state index is 13.5. The summed E-state index contributed by atoms with van der Waals surface area (Å²) in [5.74, 6) is -6.32. The van der Waals surface area contributed by atoms with Crippen molar-refractivity contribution in [1.29, 1.82) is 0 Å². The Morgan fingerprint density at radius 3 is 1.80 bits per heavy atom. The van der Waals surface area contributed by atoms with Gasteiger partial charge in [-0.1, -0.05) is 44.9 Å². The van der Waals surface area contributed by atoms with Crippen LogP contribution < -0.4 is 49.1 Å². The van der Waals surface area contributed by atoms with Gasteiger partial charge >= 0.3 is 5.97 Å². The fourth-order valence-electron chi connectivity index (χ4n) is 6.83. The number of rotatable bonds is 42. The first kappa shape index (κ1) is 62.2. The fraction of sp³-hybridized carbons (Fsp3) is 0.791. The van der Waals surface area contributed by atoms with Crippen molar-refractivity contribution in [2.75, 3.05) is 104 Å². The van der Waals surface area contributed by atoms with Crippen LogP contribution in [0.1, 0.15) is 89.9 Å². The van der Waals surface area contributed by atoms with Crippen LogP contribution in [0.3, 0.4) is 0 Å². The Labute approximate surface area is 410 Å². The molecule has 4 atom stereocenters. The number of aliphatic hydroxyl groups excluding tert-OH is 1. The summed E-state index contributed by atoms with van der Waals surface area (Å²) < 4.78 is 22.1. The number of carboxylic acid groups (broad SMARTS) is 1. The van der Waals surface area contributed by atoms with E-state index in [-0.39, 0.29) is 51.5 Å². The Hall–Kier alpha value is -4.86. The van der Waals surface area contributed by atoms with Crippen molar-refractivity contribution in [3.05, 3.63) is 0 Å². The number of nitrogens with zero attached hydrogens (tertiary/aromatic N) is 2. The highest BCUT2D eigenvalue weighted by atomic mass is 32.1. The number of guanidine groups is 1. The van der Waals surface area contributed by atoms with Gasteiger partial charge in [0.25, 0.3) is 0 Å². The van der Waals surface area contributed by atoms with Crippen molar-refractivity contribution in [2.45, 2.75) is 114 Å². The van der Waals surface area contributed by atoms with Gasteiger partial charge in [0, 0.05) is 26.2 Å². The molecule has 1 fully saturated rings. The molecule has 0 aromatic carbocycles. The molecule has 26 heteroatoms.